The monoisotopic (exact) mass is 222 g/mol. The first kappa shape index (κ1) is 11.4. The molecule has 0 aromatic rings. The van der Waals surface area contributed by atoms with Gasteiger partial charge in [0.15, 0.2) is 0 Å². The second-order valence-electron chi connectivity index (χ2n) is 3.27. The van der Waals surface area contributed by atoms with Gasteiger partial charge in [0.2, 0.25) is 10.0 Å². The van der Waals surface area contributed by atoms with E-state index in [-0.39, 0.29) is 18.2 Å². The fraction of sp³-hybridized carbons (Fsp3) is 0.857. The van der Waals surface area contributed by atoms with Crippen LogP contribution >= 0.6 is 0 Å². The summed E-state index contributed by atoms with van der Waals surface area (Å²) < 4.78 is 25.0. The summed E-state index contributed by atoms with van der Waals surface area (Å²) in [5, 5.41) is 11.3. The maximum absolute atomic E-state index is 11.3. The molecule has 1 saturated heterocycles. The molecule has 14 heavy (non-hydrogen) atoms. The quantitative estimate of drug-likeness (QED) is 0.540. The predicted octanol–water partition coefficient (Wildman–Crippen LogP) is -1.26. The first-order chi connectivity index (χ1) is 6.49. The van der Waals surface area contributed by atoms with Gasteiger partial charge in [0.05, 0.1) is 12.2 Å². The number of hydrogen-bond acceptors (Lipinski definition) is 4. The van der Waals surface area contributed by atoms with Gasteiger partial charge >= 0.3 is 5.97 Å². The summed E-state index contributed by atoms with van der Waals surface area (Å²) in [6.07, 6.45) is 0.405. The lowest BCUT2D eigenvalue weighted by atomic mass is 10.3. The SMILES string of the molecule is O=C(O)CCS(=O)(=O)N[C@@H]1CCNC1. The molecule has 0 radical (unpaired) electrons. The van der Waals surface area contributed by atoms with Crippen molar-refractivity contribution >= 4 is 16.0 Å². The van der Waals surface area contributed by atoms with E-state index >= 15 is 0 Å². The minimum absolute atomic E-state index is 0.0891. The molecule has 0 bridgehead atoms. The van der Waals surface area contributed by atoms with Gasteiger partial charge in [-0.25, -0.2) is 13.1 Å². The van der Waals surface area contributed by atoms with Crippen LogP contribution in [0.2, 0.25) is 0 Å². The van der Waals surface area contributed by atoms with Gasteiger partial charge in [-0.2, -0.15) is 0 Å². The van der Waals surface area contributed by atoms with E-state index in [0.29, 0.717) is 6.54 Å². The number of rotatable bonds is 5. The fourth-order valence-corrected chi connectivity index (χ4v) is 2.56. The van der Waals surface area contributed by atoms with Gasteiger partial charge in [0.1, 0.15) is 0 Å². The van der Waals surface area contributed by atoms with E-state index in [4.69, 9.17) is 5.11 Å². The fourth-order valence-electron chi connectivity index (χ4n) is 1.29. The molecule has 1 atom stereocenters. The average Bonchev–Trinajstić information content (AvgIpc) is 2.53. The molecular formula is C7H14N2O4S. The minimum Gasteiger partial charge on any atom is -0.481 e. The molecule has 0 aliphatic carbocycles. The van der Waals surface area contributed by atoms with Crippen molar-refractivity contribution in [3.05, 3.63) is 0 Å². The lowest BCUT2D eigenvalue weighted by Crippen LogP contribution is -2.38. The van der Waals surface area contributed by atoms with Crippen LogP contribution in [0.1, 0.15) is 12.8 Å². The summed E-state index contributed by atoms with van der Waals surface area (Å²) in [4.78, 5) is 10.2. The van der Waals surface area contributed by atoms with Gasteiger partial charge in [-0.15, -0.1) is 0 Å². The van der Waals surface area contributed by atoms with Crippen molar-refractivity contribution in [3.8, 4) is 0 Å². The highest BCUT2D eigenvalue weighted by molar-refractivity contribution is 7.89. The second-order valence-corrected chi connectivity index (χ2v) is 5.14. The number of carboxylic acid groups (broad SMARTS) is 1. The third-order valence-corrected chi connectivity index (χ3v) is 3.43. The number of hydrogen-bond donors (Lipinski definition) is 3. The lowest BCUT2D eigenvalue weighted by Gasteiger charge is -2.10. The summed E-state index contributed by atoms with van der Waals surface area (Å²) in [5.41, 5.74) is 0. The Labute approximate surface area is 82.7 Å². The summed E-state index contributed by atoms with van der Waals surface area (Å²) >= 11 is 0. The van der Waals surface area contributed by atoms with Crippen molar-refractivity contribution in [2.75, 3.05) is 18.8 Å². The zero-order valence-corrected chi connectivity index (χ0v) is 8.51. The summed E-state index contributed by atoms with van der Waals surface area (Å²) in [5.74, 6) is -1.45. The Bertz CT molecular complexity index is 295. The molecule has 0 aromatic heterocycles. The van der Waals surface area contributed by atoms with Gasteiger partial charge in [-0.05, 0) is 13.0 Å². The van der Waals surface area contributed by atoms with Gasteiger partial charge in [-0.1, -0.05) is 0 Å². The van der Waals surface area contributed by atoms with Crippen LogP contribution in [0.25, 0.3) is 0 Å². The number of sulfonamides is 1. The molecule has 0 unspecified atom stereocenters. The zero-order chi connectivity index (χ0) is 10.6. The van der Waals surface area contributed by atoms with E-state index in [1.807, 2.05) is 0 Å². The second kappa shape index (κ2) is 4.72. The van der Waals surface area contributed by atoms with E-state index in [1.54, 1.807) is 0 Å². The topological polar surface area (TPSA) is 95.5 Å². The molecule has 1 rings (SSSR count). The third kappa shape index (κ3) is 4.03. The molecule has 6 nitrogen and oxygen atoms in total. The first-order valence-electron chi connectivity index (χ1n) is 4.42. The summed E-state index contributed by atoms with van der Waals surface area (Å²) in [6.45, 7) is 1.42. The van der Waals surface area contributed by atoms with Crippen LogP contribution in [0.5, 0.6) is 0 Å². The maximum atomic E-state index is 11.3. The van der Waals surface area contributed by atoms with Gasteiger partial charge in [0.25, 0.3) is 0 Å². The molecule has 3 N–H and O–H groups in total. The van der Waals surface area contributed by atoms with Gasteiger partial charge in [-0.3, -0.25) is 4.79 Å². The molecule has 0 amide bonds. The summed E-state index contributed by atoms with van der Waals surface area (Å²) in [7, 11) is -3.43. The number of carboxylic acids is 1. The Morgan fingerprint density at radius 1 is 1.57 bits per heavy atom. The number of carbonyl (C=O) groups is 1. The zero-order valence-electron chi connectivity index (χ0n) is 7.69. The van der Waals surface area contributed by atoms with Crippen molar-refractivity contribution in [1.82, 2.24) is 10.0 Å². The Morgan fingerprint density at radius 3 is 2.79 bits per heavy atom. The summed E-state index contributed by atoms with van der Waals surface area (Å²) in [6, 6.07) is -0.0891. The van der Waals surface area contributed by atoms with Crippen molar-refractivity contribution in [3.63, 3.8) is 0 Å². The van der Waals surface area contributed by atoms with E-state index in [9.17, 15) is 13.2 Å². The molecule has 0 aromatic carbocycles. The molecular weight excluding hydrogens is 208 g/mol. The van der Waals surface area contributed by atoms with Crippen molar-refractivity contribution in [2.24, 2.45) is 0 Å². The third-order valence-electron chi connectivity index (χ3n) is 1.99. The van der Waals surface area contributed by atoms with E-state index in [2.05, 4.69) is 10.0 Å². The average molecular weight is 222 g/mol. The van der Waals surface area contributed by atoms with E-state index in [0.717, 1.165) is 13.0 Å². The van der Waals surface area contributed by atoms with Gasteiger partial charge in [0, 0.05) is 12.6 Å². The van der Waals surface area contributed by atoms with Crippen LogP contribution in [0.3, 0.4) is 0 Å². The van der Waals surface area contributed by atoms with Crippen LogP contribution in [-0.4, -0.2) is 44.4 Å². The normalized spacial score (nSPS) is 22.4. The molecule has 7 heteroatoms. The molecule has 1 heterocycles. The Kier molecular flexibility index (Phi) is 3.85. The number of nitrogens with one attached hydrogen (secondary N) is 2. The van der Waals surface area contributed by atoms with Crippen LogP contribution in [-0.2, 0) is 14.8 Å². The highest BCUT2D eigenvalue weighted by atomic mass is 32.2. The minimum atomic E-state index is -3.43. The largest absolute Gasteiger partial charge is 0.481 e. The van der Waals surface area contributed by atoms with Crippen LogP contribution in [0, 0.1) is 0 Å². The van der Waals surface area contributed by atoms with Gasteiger partial charge < -0.3 is 10.4 Å². The molecule has 82 valence electrons. The Hall–Kier alpha value is -0.660. The number of aliphatic carboxylic acids is 1. The Balaban J connectivity index is 2.36. The maximum Gasteiger partial charge on any atom is 0.304 e. The van der Waals surface area contributed by atoms with Crippen LogP contribution in [0.4, 0.5) is 0 Å². The highest BCUT2D eigenvalue weighted by Crippen LogP contribution is 2.00. The molecule has 1 aliphatic rings. The van der Waals surface area contributed by atoms with Crippen LogP contribution in [0.15, 0.2) is 0 Å². The smallest absolute Gasteiger partial charge is 0.304 e. The lowest BCUT2D eigenvalue weighted by molar-refractivity contribution is -0.136. The Morgan fingerprint density at radius 2 is 2.29 bits per heavy atom. The van der Waals surface area contributed by atoms with E-state index in [1.165, 1.54) is 0 Å². The van der Waals surface area contributed by atoms with E-state index < -0.39 is 16.0 Å². The highest BCUT2D eigenvalue weighted by Gasteiger charge is 2.21. The van der Waals surface area contributed by atoms with Crippen molar-refractivity contribution in [1.29, 1.82) is 0 Å². The molecule has 0 spiro atoms. The predicted molar refractivity (Wildman–Crippen MR) is 50.5 cm³/mol. The first-order valence-corrected chi connectivity index (χ1v) is 6.07. The van der Waals surface area contributed by atoms with Crippen molar-refractivity contribution < 1.29 is 18.3 Å². The van der Waals surface area contributed by atoms with Crippen LogP contribution < -0.4 is 10.0 Å². The molecule has 1 fully saturated rings. The molecule has 1 aliphatic heterocycles. The van der Waals surface area contributed by atoms with Crippen molar-refractivity contribution in [2.45, 2.75) is 18.9 Å². The molecule has 0 saturated carbocycles. The standard InChI is InChI=1S/C7H14N2O4S/c10-7(11)2-4-14(12,13)9-6-1-3-8-5-6/h6,8-9H,1-5H2,(H,10,11)/t6-/m1/s1.